The maximum atomic E-state index is 12.8. The molecule has 5 heteroatoms. The summed E-state index contributed by atoms with van der Waals surface area (Å²) in [6.07, 6.45) is 0.0140. The zero-order chi connectivity index (χ0) is 22.8. The normalized spacial score (nSPS) is 13.2. The Hall–Kier alpha value is -3.44. The molecule has 3 aromatic rings. The van der Waals surface area contributed by atoms with Gasteiger partial charge in [-0.25, -0.2) is 4.79 Å². The molecule has 4 rings (SSSR count). The van der Waals surface area contributed by atoms with Crippen LogP contribution in [0.4, 0.5) is 0 Å². The predicted molar refractivity (Wildman–Crippen MR) is 124 cm³/mol. The summed E-state index contributed by atoms with van der Waals surface area (Å²) in [6.45, 7) is 5.60. The Morgan fingerprint density at radius 2 is 1.56 bits per heavy atom. The number of aryl methyl sites for hydroxylation is 2. The standard InChI is InChI=1S/C27H27NO4/c1-16-12-17(2)26(32-27(30)18(3)28)19(13-16)14-25(29)31-15-24-22-10-6-4-8-20(22)21-9-5-7-11-23(21)24/h4-13,18,24H,14-15,28H2,1-3H3/t18-/m0/s1. The fourth-order valence-electron chi connectivity index (χ4n) is 4.34. The SMILES string of the molecule is Cc1cc(C)c(OC(=O)[C@H](C)N)c(CC(=O)OCC2c3ccccc3-c3ccccc32)c1. The summed E-state index contributed by atoms with van der Waals surface area (Å²) in [5.74, 6) is -0.520. The smallest absolute Gasteiger partial charge is 0.328 e. The second-order valence-electron chi connectivity index (χ2n) is 8.37. The van der Waals surface area contributed by atoms with E-state index in [4.69, 9.17) is 15.2 Å². The van der Waals surface area contributed by atoms with Gasteiger partial charge in [0, 0.05) is 11.5 Å². The van der Waals surface area contributed by atoms with E-state index >= 15 is 0 Å². The van der Waals surface area contributed by atoms with Crippen LogP contribution in [0.1, 0.15) is 40.7 Å². The Balaban J connectivity index is 1.51. The van der Waals surface area contributed by atoms with Gasteiger partial charge in [-0.1, -0.05) is 66.2 Å². The van der Waals surface area contributed by atoms with Crippen molar-refractivity contribution in [2.45, 2.75) is 39.2 Å². The van der Waals surface area contributed by atoms with Crippen molar-refractivity contribution in [2.24, 2.45) is 5.73 Å². The Morgan fingerprint density at radius 3 is 2.16 bits per heavy atom. The summed E-state index contributed by atoms with van der Waals surface area (Å²) in [5, 5.41) is 0. The van der Waals surface area contributed by atoms with E-state index in [0.717, 1.165) is 11.1 Å². The fraction of sp³-hybridized carbons (Fsp3) is 0.259. The minimum atomic E-state index is -0.752. The molecule has 5 nitrogen and oxygen atoms in total. The number of nitrogens with two attached hydrogens (primary N) is 1. The van der Waals surface area contributed by atoms with Crippen LogP contribution in [0.3, 0.4) is 0 Å². The average Bonchev–Trinajstić information content (AvgIpc) is 3.08. The summed E-state index contributed by atoms with van der Waals surface area (Å²) in [6, 6.07) is 19.4. The number of benzene rings is 3. The van der Waals surface area contributed by atoms with Crippen LogP contribution in [0.2, 0.25) is 0 Å². The Labute approximate surface area is 188 Å². The van der Waals surface area contributed by atoms with Crippen LogP contribution >= 0.6 is 0 Å². The zero-order valence-corrected chi connectivity index (χ0v) is 18.6. The molecule has 0 unspecified atom stereocenters. The maximum absolute atomic E-state index is 12.8. The number of esters is 2. The molecule has 1 atom stereocenters. The molecule has 0 bridgehead atoms. The van der Waals surface area contributed by atoms with Crippen LogP contribution in [-0.4, -0.2) is 24.6 Å². The molecule has 0 saturated carbocycles. The summed E-state index contributed by atoms with van der Waals surface area (Å²) < 4.78 is 11.2. The Bertz CT molecular complexity index is 1140. The zero-order valence-electron chi connectivity index (χ0n) is 18.6. The van der Waals surface area contributed by atoms with Gasteiger partial charge in [0.2, 0.25) is 0 Å². The third-order valence-electron chi connectivity index (χ3n) is 5.78. The Kier molecular flexibility index (Phi) is 6.10. The molecule has 0 amide bonds. The molecular formula is C27H27NO4. The highest BCUT2D eigenvalue weighted by Gasteiger charge is 2.29. The van der Waals surface area contributed by atoms with Crippen molar-refractivity contribution in [1.82, 2.24) is 0 Å². The van der Waals surface area contributed by atoms with E-state index in [1.54, 1.807) is 6.92 Å². The number of carbonyl (C=O) groups excluding carboxylic acids is 2. The van der Waals surface area contributed by atoms with Gasteiger partial charge in [-0.15, -0.1) is 0 Å². The summed E-state index contributed by atoms with van der Waals surface area (Å²) in [5.41, 5.74) is 12.7. The molecule has 0 radical (unpaired) electrons. The molecule has 1 aliphatic carbocycles. The lowest BCUT2D eigenvalue weighted by molar-refractivity contribution is -0.143. The molecule has 32 heavy (non-hydrogen) atoms. The minimum absolute atomic E-state index is 0.000911. The topological polar surface area (TPSA) is 78.6 Å². The molecule has 0 spiro atoms. The van der Waals surface area contributed by atoms with Gasteiger partial charge in [0.1, 0.15) is 18.4 Å². The second kappa shape index (κ2) is 8.97. The molecular weight excluding hydrogens is 402 g/mol. The van der Waals surface area contributed by atoms with Crippen LogP contribution < -0.4 is 10.5 Å². The van der Waals surface area contributed by atoms with Crippen LogP contribution in [0, 0.1) is 13.8 Å². The number of hydrogen-bond donors (Lipinski definition) is 1. The van der Waals surface area contributed by atoms with E-state index in [9.17, 15) is 9.59 Å². The average molecular weight is 430 g/mol. The number of fused-ring (bicyclic) bond motifs is 3. The van der Waals surface area contributed by atoms with E-state index in [1.165, 1.54) is 22.3 Å². The molecule has 0 aliphatic heterocycles. The lowest BCUT2D eigenvalue weighted by Gasteiger charge is -2.17. The van der Waals surface area contributed by atoms with Gasteiger partial charge in [0.25, 0.3) is 0 Å². The third-order valence-corrected chi connectivity index (χ3v) is 5.78. The maximum Gasteiger partial charge on any atom is 0.328 e. The highest BCUT2D eigenvalue weighted by molar-refractivity contribution is 5.81. The van der Waals surface area contributed by atoms with Crippen molar-refractivity contribution in [1.29, 1.82) is 0 Å². The van der Waals surface area contributed by atoms with Gasteiger partial charge in [-0.2, -0.15) is 0 Å². The molecule has 164 valence electrons. The molecule has 0 aromatic heterocycles. The number of rotatable bonds is 6. The number of hydrogen-bond acceptors (Lipinski definition) is 5. The Morgan fingerprint density at radius 1 is 0.969 bits per heavy atom. The molecule has 0 saturated heterocycles. The third kappa shape index (κ3) is 4.30. The van der Waals surface area contributed by atoms with Crippen LogP contribution in [0.25, 0.3) is 11.1 Å². The first-order valence-electron chi connectivity index (χ1n) is 10.8. The summed E-state index contributed by atoms with van der Waals surface area (Å²) in [4.78, 5) is 24.9. The molecule has 1 aliphatic rings. The summed E-state index contributed by atoms with van der Waals surface area (Å²) in [7, 11) is 0. The highest BCUT2D eigenvalue weighted by Crippen LogP contribution is 2.44. The number of carbonyl (C=O) groups is 2. The molecule has 3 aromatic carbocycles. The van der Waals surface area contributed by atoms with Crippen molar-refractivity contribution in [3.63, 3.8) is 0 Å². The van der Waals surface area contributed by atoms with Crippen LogP contribution in [-0.2, 0) is 20.7 Å². The molecule has 2 N–H and O–H groups in total. The van der Waals surface area contributed by atoms with Crippen LogP contribution in [0.5, 0.6) is 5.75 Å². The van der Waals surface area contributed by atoms with Crippen molar-refractivity contribution < 1.29 is 19.1 Å². The lowest BCUT2D eigenvalue weighted by atomic mass is 9.98. The van der Waals surface area contributed by atoms with Gasteiger partial charge in [-0.05, 0) is 48.6 Å². The first-order chi connectivity index (χ1) is 15.3. The quantitative estimate of drug-likeness (QED) is 0.463. The predicted octanol–water partition coefficient (Wildman–Crippen LogP) is 4.45. The highest BCUT2D eigenvalue weighted by atomic mass is 16.5. The van der Waals surface area contributed by atoms with Gasteiger partial charge >= 0.3 is 11.9 Å². The van der Waals surface area contributed by atoms with Gasteiger partial charge < -0.3 is 15.2 Å². The lowest BCUT2D eigenvalue weighted by Crippen LogP contribution is -2.31. The van der Waals surface area contributed by atoms with Crippen molar-refractivity contribution in [2.75, 3.05) is 6.61 Å². The van der Waals surface area contributed by atoms with Gasteiger partial charge in [0.05, 0.1) is 6.42 Å². The van der Waals surface area contributed by atoms with E-state index in [-0.39, 0.29) is 24.9 Å². The second-order valence-corrected chi connectivity index (χ2v) is 8.37. The molecule has 0 heterocycles. The van der Waals surface area contributed by atoms with E-state index in [0.29, 0.717) is 11.3 Å². The first kappa shape index (κ1) is 21.8. The van der Waals surface area contributed by atoms with Crippen molar-refractivity contribution in [3.8, 4) is 16.9 Å². The number of ether oxygens (including phenoxy) is 2. The molecule has 0 fully saturated rings. The largest absolute Gasteiger partial charge is 0.464 e. The summed E-state index contributed by atoms with van der Waals surface area (Å²) >= 11 is 0. The van der Waals surface area contributed by atoms with Crippen molar-refractivity contribution >= 4 is 11.9 Å². The van der Waals surface area contributed by atoms with E-state index in [1.807, 2.05) is 50.2 Å². The minimum Gasteiger partial charge on any atom is -0.464 e. The monoisotopic (exact) mass is 429 g/mol. The van der Waals surface area contributed by atoms with E-state index in [2.05, 4.69) is 24.3 Å². The van der Waals surface area contributed by atoms with Crippen molar-refractivity contribution in [3.05, 3.63) is 88.5 Å². The van der Waals surface area contributed by atoms with Gasteiger partial charge in [0.15, 0.2) is 0 Å². The fourth-order valence-corrected chi connectivity index (χ4v) is 4.34. The van der Waals surface area contributed by atoms with E-state index < -0.39 is 12.0 Å². The van der Waals surface area contributed by atoms with Gasteiger partial charge in [-0.3, -0.25) is 4.79 Å². The first-order valence-corrected chi connectivity index (χ1v) is 10.8. The van der Waals surface area contributed by atoms with Crippen LogP contribution in [0.15, 0.2) is 60.7 Å².